The maximum absolute atomic E-state index is 6.29. The topological polar surface area (TPSA) is 18.5 Å². The van der Waals surface area contributed by atoms with E-state index < -0.39 is 16.6 Å². The Morgan fingerprint density at radius 3 is 1.86 bits per heavy atom. The average molecular weight is 337 g/mol. The molecule has 0 N–H and O–H groups in total. The maximum atomic E-state index is 6.29. The van der Waals surface area contributed by atoms with E-state index in [9.17, 15) is 0 Å². The van der Waals surface area contributed by atoms with Crippen molar-refractivity contribution in [2.45, 2.75) is 51.9 Å². The van der Waals surface area contributed by atoms with Gasteiger partial charge in [0.05, 0.1) is 8.07 Å². The van der Waals surface area contributed by atoms with E-state index in [-0.39, 0.29) is 0 Å². The minimum atomic E-state index is -2.34. The second-order valence-electron chi connectivity index (χ2n) is 5.76. The molecule has 0 saturated heterocycles. The van der Waals surface area contributed by atoms with Crippen molar-refractivity contribution in [2.24, 2.45) is 0 Å². The fourth-order valence-corrected chi connectivity index (χ4v) is 11.0. The maximum Gasteiger partial charge on any atom is 0.372 e. The molecule has 1 rings (SSSR count). The molecule has 0 atom stereocenters. The largest absolute Gasteiger partial charge is 0.391 e. The second-order valence-corrected chi connectivity index (χ2v) is 14.0. The average Bonchev–Trinajstić information content (AvgIpc) is 2.57. The summed E-state index contributed by atoms with van der Waals surface area (Å²) in [4.78, 5) is 0. The van der Waals surface area contributed by atoms with Gasteiger partial charge in [0.15, 0.2) is 0 Å². The summed E-state index contributed by atoms with van der Waals surface area (Å²) in [7, 11) is -3.72. The molecule has 0 fully saturated rings. The van der Waals surface area contributed by atoms with Crippen LogP contribution in [-0.4, -0.2) is 29.8 Å². The lowest BCUT2D eigenvalue weighted by Crippen LogP contribution is -2.55. The van der Waals surface area contributed by atoms with Crippen molar-refractivity contribution in [3.05, 3.63) is 42.6 Å². The highest BCUT2D eigenvalue weighted by Crippen LogP contribution is 2.28. The van der Waals surface area contributed by atoms with E-state index >= 15 is 0 Å². The van der Waals surface area contributed by atoms with Crippen LogP contribution in [0.25, 0.3) is 0 Å². The Balaban J connectivity index is 3.07. The quantitative estimate of drug-likeness (QED) is 0.549. The van der Waals surface area contributed by atoms with Crippen LogP contribution in [0.1, 0.15) is 27.7 Å². The van der Waals surface area contributed by atoms with Gasteiger partial charge in [-0.2, -0.15) is 0 Å². The van der Waals surface area contributed by atoms with E-state index in [1.165, 1.54) is 23.3 Å². The van der Waals surface area contributed by atoms with Crippen LogP contribution in [0.3, 0.4) is 0 Å². The van der Waals surface area contributed by atoms with Crippen LogP contribution >= 0.6 is 0 Å². The Hall–Kier alpha value is -0.686. The SMILES string of the molecule is C=C[Si](CC)(CC)CC[Si](OCC)(OCC)c1ccccc1. The lowest BCUT2D eigenvalue weighted by atomic mass is 10.4. The Morgan fingerprint density at radius 2 is 1.45 bits per heavy atom. The zero-order valence-corrected chi connectivity index (χ0v) is 16.7. The zero-order chi connectivity index (χ0) is 16.5. The highest BCUT2D eigenvalue weighted by atomic mass is 28.4. The molecule has 1 aromatic carbocycles. The summed E-state index contributed by atoms with van der Waals surface area (Å²) in [6, 6.07) is 15.3. The van der Waals surface area contributed by atoms with E-state index in [4.69, 9.17) is 8.85 Å². The molecule has 22 heavy (non-hydrogen) atoms. The van der Waals surface area contributed by atoms with Gasteiger partial charge in [0.25, 0.3) is 0 Å². The van der Waals surface area contributed by atoms with Crippen molar-refractivity contribution in [3.63, 3.8) is 0 Å². The van der Waals surface area contributed by atoms with Crippen molar-refractivity contribution >= 4 is 21.8 Å². The van der Waals surface area contributed by atoms with Gasteiger partial charge in [-0.05, 0) is 25.1 Å². The molecule has 0 aromatic heterocycles. The van der Waals surface area contributed by atoms with E-state index in [2.05, 4.69) is 70.3 Å². The van der Waals surface area contributed by atoms with E-state index in [0.29, 0.717) is 13.2 Å². The zero-order valence-electron chi connectivity index (χ0n) is 14.7. The molecule has 124 valence electrons. The highest BCUT2D eigenvalue weighted by Gasteiger charge is 2.41. The first-order valence-corrected chi connectivity index (χ1v) is 13.3. The second kappa shape index (κ2) is 9.45. The van der Waals surface area contributed by atoms with E-state index in [0.717, 1.165) is 6.04 Å². The number of hydrogen-bond acceptors (Lipinski definition) is 2. The van der Waals surface area contributed by atoms with Gasteiger partial charge in [-0.15, -0.1) is 12.3 Å². The molecule has 0 unspecified atom stereocenters. The summed E-state index contributed by atoms with van der Waals surface area (Å²) in [5.41, 5.74) is 2.27. The van der Waals surface area contributed by atoms with Crippen LogP contribution in [0.15, 0.2) is 42.6 Å². The predicted octanol–water partition coefficient (Wildman–Crippen LogP) is 4.62. The van der Waals surface area contributed by atoms with Gasteiger partial charge in [0.2, 0.25) is 0 Å². The molecule has 1 aromatic rings. The van der Waals surface area contributed by atoms with Crippen molar-refractivity contribution in [1.29, 1.82) is 0 Å². The van der Waals surface area contributed by atoms with Crippen LogP contribution in [0, 0.1) is 0 Å². The molecule has 0 aliphatic rings. The molecule has 0 aliphatic carbocycles. The summed E-state index contributed by atoms with van der Waals surface area (Å²) >= 11 is 0. The van der Waals surface area contributed by atoms with Crippen molar-refractivity contribution in [2.75, 3.05) is 13.2 Å². The molecular weight excluding hydrogens is 304 g/mol. The van der Waals surface area contributed by atoms with Crippen LogP contribution in [0.2, 0.25) is 24.2 Å². The highest BCUT2D eigenvalue weighted by molar-refractivity contribution is 6.87. The standard InChI is InChI=1S/C18H32O2Si2/c1-6-19-22(20-7-2,18-14-12-11-13-15-18)17-16-21(8-3,9-4)10-5/h8,11-15H,3,6-7,9-10,16-17H2,1-2,4-5H3. The summed E-state index contributed by atoms with van der Waals surface area (Å²) in [5.74, 6) is 0. The molecule has 2 nitrogen and oxygen atoms in total. The molecule has 0 aliphatic heterocycles. The van der Waals surface area contributed by atoms with E-state index in [1.54, 1.807) is 0 Å². The summed E-state index contributed by atoms with van der Waals surface area (Å²) < 4.78 is 12.6. The van der Waals surface area contributed by atoms with Gasteiger partial charge in [0.1, 0.15) is 0 Å². The van der Waals surface area contributed by atoms with Crippen LogP contribution in [0.4, 0.5) is 0 Å². The summed E-state index contributed by atoms with van der Waals surface area (Å²) in [5, 5.41) is 1.26. The van der Waals surface area contributed by atoms with Gasteiger partial charge in [-0.25, -0.2) is 0 Å². The smallest absolute Gasteiger partial charge is 0.372 e. The van der Waals surface area contributed by atoms with Crippen molar-refractivity contribution in [3.8, 4) is 0 Å². The first kappa shape index (κ1) is 19.4. The van der Waals surface area contributed by atoms with Gasteiger partial charge < -0.3 is 8.85 Å². The molecular formula is C18H32O2Si2. The lowest BCUT2D eigenvalue weighted by Gasteiger charge is -2.34. The molecule has 0 saturated carbocycles. The monoisotopic (exact) mass is 336 g/mol. The molecule has 0 heterocycles. The van der Waals surface area contributed by atoms with Gasteiger partial charge in [0, 0.05) is 13.2 Å². The summed E-state index contributed by atoms with van der Waals surface area (Å²) in [6.07, 6.45) is 0. The van der Waals surface area contributed by atoms with Gasteiger partial charge >= 0.3 is 8.56 Å². The molecule has 0 radical (unpaired) electrons. The van der Waals surface area contributed by atoms with Crippen molar-refractivity contribution in [1.82, 2.24) is 0 Å². The van der Waals surface area contributed by atoms with Gasteiger partial charge in [-0.3, -0.25) is 0 Å². The third-order valence-corrected chi connectivity index (χ3v) is 13.8. The fourth-order valence-electron chi connectivity index (χ4n) is 3.06. The molecule has 0 spiro atoms. The Morgan fingerprint density at radius 1 is 0.909 bits per heavy atom. The Kier molecular flexibility index (Phi) is 8.32. The number of rotatable bonds is 11. The predicted molar refractivity (Wildman–Crippen MR) is 102 cm³/mol. The third-order valence-electron chi connectivity index (χ3n) is 4.76. The lowest BCUT2D eigenvalue weighted by molar-refractivity contribution is 0.197. The van der Waals surface area contributed by atoms with Crippen molar-refractivity contribution < 1.29 is 8.85 Å². The number of benzene rings is 1. The molecule has 4 heteroatoms. The van der Waals surface area contributed by atoms with Crippen LogP contribution in [-0.2, 0) is 8.85 Å². The fraction of sp³-hybridized carbons (Fsp3) is 0.556. The minimum Gasteiger partial charge on any atom is -0.391 e. The molecule has 0 amide bonds. The summed E-state index contributed by atoms with van der Waals surface area (Å²) in [6.45, 7) is 14.3. The first-order valence-electron chi connectivity index (χ1n) is 8.59. The van der Waals surface area contributed by atoms with Crippen LogP contribution < -0.4 is 5.19 Å². The van der Waals surface area contributed by atoms with E-state index in [1.807, 2.05) is 0 Å². The van der Waals surface area contributed by atoms with Crippen LogP contribution in [0.5, 0.6) is 0 Å². The number of hydrogen-bond donors (Lipinski definition) is 0. The third kappa shape index (κ3) is 4.65. The Bertz CT molecular complexity index is 424. The molecule has 0 bridgehead atoms. The Labute approximate surface area is 138 Å². The van der Waals surface area contributed by atoms with Gasteiger partial charge in [-0.1, -0.05) is 62.3 Å². The first-order chi connectivity index (χ1) is 10.6. The minimum absolute atomic E-state index is 0.710. The normalized spacial score (nSPS) is 12.4.